The largest absolute Gasteiger partial charge is 0.472 e. The first-order valence-electron chi connectivity index (χ1n) is 21.6. The molecule has 0 aromatic heterocycles. The van der Waals surface area contributed by atoms with Gasteiger partial charge in [-0.05, 0) is 70.6 Å². The third kappa shape index (κ3) is 39.9. The molecule has 3 atom stereocenters. The lowest BCUT2D eigenvalue weighted by Crippen LogP contribution is -2.29. The van der Waals surface area contributed by atoms with E-state index in [1.165, 1.54) is 64.2 Å². The number of carbonyl (C=O) groups excluding carboxylic acids is 2. The number of phosphoric ester groups is 1. The number of aliphatic hydroxyl groups excluding tert-OH is 2. The van der Waals surface area contributed by atoms with Crippen LogP contribution < -0.4 is 0 Å². The van der Waals surface area contributed by atoms with Gasteiger partial charge in [-0.1, -0.05) is 146 Å². The first-order valence-corrected chi connectivity index (χ1v) is 23.1. The zero-order chi connectivity index (χ0) is 40.5. The minimum atomic E-state index is -4.62. The summed E-state index contributed by atoms with van der Waals surface area (Å²) in [5.41, 5.74) is 0. The van der Waals surface area contributed by atoms with Crippen LogP contribution in [0.3, 0.4) is 0 Å². The number of phosphoric acid groups is 1. The summed E-state index contributed by atoms with van der Waals surface area (Å²) in [5.74, 6) is -0.950. The molecule has 10 nitrogen and oxygen atoms in total. The van der Waals surface area contributed by atoms with Crippen molar-refractivity contribution < 1.29 is 47.8 Å². The topological polar surface area (TPSA) is 149 Å². The molecule has 0 heterocycles. The number of aliphatic hydroxyl groups is 2. The second-order valence-corrected chi connectivity index (χ2v) is 15.8. The maximum atomic E-state index is 12.6. The molecule has 0 amide bonds. The summed E-state index contributed by atoms with van der Waals surface area (Å²) in [4.78, 5) is 35.0. The molecule has 0 aliphatic carbocycles. The van der Waals surface area contributed by atoms with Crippen LogP contribution in [0.2, 0.25) is 0 Å². The minimum Gasteiger partial charge on any atom is -0.462 e. The molecule has 0 aliphatic rings. The Hall–Kier alpha value is -2.07. The van der Waals surface area contributed by atoms with E-state index in [2.05, 4.69) is 67.0 Å². The lowest BCUT2D eigenvalue weighted by molar-refractivity contribution is -0.161. The molecule has 0 aliphatic heterocycles. The van der Waals surface area contributed by atoms with Gasteiger partial charge in [-0.3, -0.25) is 18.6 Å². The van der Waals surface area contributed by atoms with Crippen LogP contribution in [0, 0.1) is 0 Å². The third-order valence-electron chi connectivity index (χ3n) is 8.97. The first-order chi connectivity index (χ1) is 26.7. The van der Waals surface area contributed by atoms with Crippen molar-refractivity contribution in [3.63, 3.8) is 0 Å². The maximum absolute atomic E-state index is 12.6. The van der Waals surface area contributed by atoms with Crippen molar-refractivity contribution in [2.24, 2.45) is 0 Å². The van der Waals surface area contributed by atoms with E-state index in [4.69, 9.17) is 19.1 Å². The fraction of sp³-hybridized carbons (Fsp3) is 0.773. The highest BCUT2D eigenvalue weighted by Gasteiger charge is 2.27. The molecule has 0 spiro atoms. The Morgan fingerprint density at radius 1 is 0.564 bits per heavy atom. The van der Waals surface area contributed by atoms with Crippen LogP contribution in [0.25, 0.3) is 0 Å². The van der Waals surface area contributed by atoms with E-state index >= 15 is 0 Å². The van der Waals surface area contributed by atoms with Crippen LogP contribution in [-0.4, -0.2) is 65.7 Å². The van der Waals surface area contributed by atoms with Gasteiger partial charge in [0.15, 0.2) is 6.10 Å². The second kappa shape index (κ2) is 40.1. The lowest BCUT2D eigenvalue weighted by atomic mass is 10.1. The normalized spacial score (nSPS) is 14.3. The van der Waals surface area contributed by atoms with Gasteiger partial charge in [0.1, 0.15) is 12.7 Å². The first kappa shape index (κ1) is 52.9. The standard InChI is InChI=1S/C44H79O10P/c1-3-5-7-9-11-13-15-17-19-20-22-24-26-28-30-32-34-36-44(48)54-42(40-53-55(49,50)52-38-41(46)37-45)39-51-43(47)35-33-31-29-27-25-23-21-18-16-14-12-10-8-6-4-2/h6,8,12,14,17-19,21,41-42,45-46H,3-5,7,9-11,13,15-16,20,22-40H2,1-2H3,(H,49,50)/b8-6+,14-12+,19-17+,21-18+/t41-,42+/m0/s1. The highest BCUT2D eigenvalue weighted by atomic mass is 31.2. The van der Waals surface area contributed by atoms with Gasteiger partial charge in [0.05, 0.1) is 19.8 Å². The Kier molecular flexibility index (Phi) is 38.6. The van der Waals surface area contributed by atoms with E-state index in [0.717, 1.165) is 77.0 Å². The Bertz CT molecular complexity index is 1060. The number of hydrogen-bond donors (Lipinski definition) is 3. The van der Waals surface area contributed by atoms with Crippen molar-refractivity contribution in [1.29, 1.82) is 0 Å². The Balaban J connectivity index is 4.33. The monoisotopic (exact) mass is 799 g/mol. The van der Waals surface area contributed by atoms with Gasteiger partial charge in [0.2, 0.25) is 0 Å². The zero-order valence-corrected chi connectivity index (χ0v) is 35.5. The van der Waals surface area contributed by atoms with Gasteiger partial charge in [-0.15, -0.1) is 0 Å². The average Bonchev–Trinajstić information content (AvgIpc) is 3.17. The van der Waals surface area contributed by atoms with Crippen LogP contribution in [0.5, 0.6) is 0 Å². The van der Waals surface area contributed by atoms with Gasteiger partial charge in [-0.2, -0.15) is 0 Å². The molecule has 55 heavy (non-hydrogen) atoms. The van der Waals surface area contributed by atoms with Crippen molar-refractivity contribution in [2.45, 2.75) is 193 Å². The Morgan fingerprint density at radius 3 is 1.53 bits per heavy atom. The lowest BCUT2D eigenvalue weighted by Gasteiger charge is -2.20. The summed E-state index contributed by atoms with van der Waals surface area (Å²) < 4.78 is 32.7. The van der Waals surface area contributed by atoms with E-state index in [1.807, 2.05) is 0 Å². The van der Waals surface area contributed by atoms with E-state index in [-0.39, 0.29) is 19.4 Å². The zero-order valence-electron chi connectivity index (χ0n) is 34.6. The van der Waals surface area contributed by atoms with Crippen molar-refractivity contribution in [1.82, 2.24) is 0 Å². The highest BCUT2D eigenvalue weighted by molar-refractivity contribution is 7.47. The van der Waals surface area contributed by atoms with Crippen molar-refractivity contribution >= 4 is 19.8 Å². The molecule has 320 valence electrons. The quantitative estimate of drug-likeness (QED) is 0.0237. The predicted molar refractivity (Wildman–Crippen MR) is 224 cm³/mol. The summed E-state index contributed by atoms with van der Waals surface area (Å²) in [7, 11) is -4.62. The number of esters is 2. The van der Waals surface area contributed by atoms with Crippen LogP contribution in [-0.2, 0) is 32.7 Å². The van der Waals surface area contributed by atoms with Crippen LogP contribution >= 0.6 is 7.82 Å². The smallest absolute Gasteiger partial charge is 0.462 e. The SMILES string of the molecule is CC/C=C/C/C=C/C/C=C/CCCCCCCC(=O)OC[C@H](COP(=O)(O)OC[C@@H](O)CO)OC(=O)CCCCCCCCC/C=C/CCCCCCCC. The van der Waals surface area contributed by atoms with Crippen LogP contribution in [0.4, 0.5) is 0 Å². The number of hydrogen-bond acceptors (Lipinski definition) is 9. The predicted octanol–water partition coefficient (Wildman–Crippen LogP) is 11.3. The minimum absolute atomic E-state index is 0.174. The van der Waals surface area contributed by atoms with E-state index in [9.17, 15) is 24.2 Å². The summed E-state index contributed by atoms with van der Waals surface area (Å²) in [5, 5.41) is 18.3. The molecule has 0 rings (SSSR count). The van der Waals surface area contributed by atoms with E-state index in [1.54, 1.807) is 0 Å². The number of allylic oxidation sites excluding steroid dienone is 8. The molecule has 1 unspecified atom stereocenters. The Morgan fingerprint density at radius 2 is 1.00 bits per heavy atom. The summed E-state index contributed by atoms with van der Waals surface area (Å²) in [6.45, 7) is 2.24. The number of unbranched alkanes of at least 4 members (excludes halogenated alkanes) is 18. The van der Waals surface area contributed by atoms with Gasteiger partial charge in [-0.25, -0.2) is 4.57 Å². The maximum Gasteiger partial charge on any atom is 0.472 e. The summed E-state index contributed by atoms with van der Waals surface area (Å²) >= 11 is 0. The molecule has 11 heteroatoms. The van der Waals surface area contributed by atoms with Gasteiger partial charge in [0, 0.05) is 12.8 Å². The number of ether oxygens (including phenoxy) is 2. The fourth-order valence-corrected chi connectivity index (χ4v) is 6.44. The molecule has 0 fully saturated rings. The van der Waals surface area contributed by atoms with Crippen LogP contribution in [0.1, 0.15) is 181 Å². The fourth-order valence-electron chi connectivity index (χ4n) is 5.65. The van der Waals surface area contributed by atoms with Gasteiger partial charge < -0.3 is 24.6 Å². The van der Waals surface area contributed by atoms with Crippen molar-refractivity contribution in [3.05, 3.63) is 48.6 Å². The second-order valence-electron chi connectivity index (χ2n) is 14.3. The molecular formula is C44H79O10P. The van der Waals surface area contributed by atoms with E-state index in [0.29, 0.717) is 12.8 Å². The van der Waals surface area contributed by atoms with Crippen molar-refractivity contribution in [3.8, 4) is 0 Å². The van der Waals surface area contributed by atoms with Gasteiger partial charge >= 0.3 is 19.8 Å². The molecular weight excluding hydrogens is 719 g/mol. The average molecular weight is 799 g/mol. The molecule has 0 aromatic rings. The summed E-state index contributed by atoms with van der Waals surface area (Å²) in [6, 6.07) is 0. The number of rotatable bonds is 40. The highest BCUT2D eigenvalue weighted by Crippen LogP contribution is 2.43. The summed E-state index contributed by atoms with van der Waals surface area (Å²) in [6.07, 6.45) is 42.2. The molecule has 3 N–H and O–H groups in total. The number of carbonyl (C=O) groups is 2. The third-order valence-corrected chi connectivity index (χ3v) is 9.92. The van der Waals surface area contributed by atoms with Gasteiger partial charge in [0.25, 0.3) is 0 Å². The molecule has 0 radical (unpaired) electrons. The van der Waals surface area contributed by atoms with E-state index < -0.39 is 51.8 Å². The molecule has 0 saturated heterocycles. The molecule has 0 bridgehead atoms. The Labute approximate surface area is 334 Å². The molecule has 0 saturated carbocycles. The van der Waals surface area contributed by atoms with Crippen LogP contribution in [0.15, 0.2) is 48.6 Å². The van der Waals surface area contributed by atoms with Crippen molar-refractivity contribution in [2.75, 3.05) is 26.4 Å². The molecule has 0 aromatic carbocycles.